The van der Waals surface area contributed by atoms with Crippen LogP contribution in [0.2, 0.25) is 0 Å². The first-order chi connectivity index (χ1) is 12.5. The van der Waals surface area contributed by atoms with Crippen molar-refractivity contribution in [2.24, 2.45) is 0 Å². The highest BCUT2D eigenvalue weighted by atomic mass is 16.2. The molecule has 7 heteroatoms. The highest BCUT2D eigenvalue weighted by Gasteiger charge is 2.36. The molecule has 0 spiro atoms. The molecule has 2 aromatic carbocycles. The van der Waals surface area contributed by atoms with Crippen LogP contribution >= 0.6 is 0 Å². The molecule has 0 radical (unpaired) electrons. The van der Waals surface area contributed by atoms with E-state index >= 15 is 0 Å². The molecule has 132 valence electrons. The van der Waals surface area contributed by atoms with Gasteiger partial charge in [0.15, 0.2) is 0 Å². The summed E-state index contributed by atoms with van der Waals surface area (Å²) in [6, 6.07) is 13.3. The van der Waals surface area contributed by atoms with Crippen molar-refractivity contribution in [3.63, 3.8) is 0 Å². The van der Waals surface area contributed by atoms with Crippen molar-refractivity contribution < 1.29 is 19.2 Å². The van der Waals surface area contributed by atoms with E-state index < -0.39 is 30.2 Å². The van der Waals surface area contributed by atoms with Gasteiger partial charge >= 0.3 is 0 Å². The third kappa shape index (κ3) is 3.32. The van der Waals surface area contributed by atoms with E-state index in [1.165, 1.54) is 12.1 Å². The number of nitrogens with zero attached hydrogens (tertiary/aromatic N) is 1. The van der Waals surface area contributed by atoms with E-state index in [4.69, 9.17) is 0 Å². The molecule has 7 nitrogen and oxygen atoms in total. The van der Waals surface area contributed by atoms with Gasteiger partial charge in [-0.15, -0.1) is 0 Å². The van der Waals surface area contributed by atoms with Gasteiger partial charge in [-0.3, -0.25) is 34.9 Å². The molecule has 0 bridgehead atoms. The summed E-state index contributed by atoms with van der Waals surface area (Å²) in [5.74, 6) is -2.20. The summed E-state index contributed by atoms with van der Waals surface area (Å²) >= 11 is 0. The van der Waals surface area contributed by atoms with Crippen LogP contribution < -0.4 is 10.9 Å². The number of fused-ring (bicyclic) bond motifs is 1. The van der Waals surface area contributed by atoms with E-state index in [1.807, 2.05) is 19.1 Å². The third-order valence-electron chi connectivity index (χ3n) is 4.12. The highest BCUT2D eigenvalue weighted by molar-refractivity contribution is 6.22. The Morgan fingerprint density at radius 3 is 2.00 bits per heavy atom. The third-order valence-corrected chi connectivity index (χ3v) is 4.12. The monoisotopic (exact) mass is 351 g/mol. The van der Waals surface area contributed by atoms with Crippen LogP contribution in [0.4, 0.5) is 0 Å². The number of amides is 4. The predicted molar refractivity (Wildman–Crippen MR) is 93.2 cm³/mol. The summed E-state index contributed by atoms with van der Waals surface area (Å²) in [7, 11) is 0. The molecule has 2 N–H and O–H groups in total. The lowest BCUT2D eigenvalue weighted by molar-refractivity contribution is -0.122. The Morgan fingerprint density at radius 2 is 1.46 bits per heavy atom. The Kier molecular flexibility index (Phi) is 4.79. The quantitative estimate of drug-likeness (QED) is 0.641. The van der Waals surface area contributed by atoms with Crippen LogP contribution in [0, 0.1) is 0 Å². The zero-order valence-electron chi connectivity index (χ0n) is 14.1. The van der Waals surface area contributed by atoms with Gasteiger partial charge in [-0.05, 0) is 36.2 Å². The van der Waals surface area contributed by atoms with Crippen molar-refractivity contribution in [1.82, 2.24) is 15.8 Å². The second kappa shape index (κ2) is 7.18. The van der Waals surface area contributed by atoms with Crippen LogP contribution in [0.1, 0.15) is 43.6 Å². The normalized spacial score (nSPS) is 12.7. The summed E-state index contributed by atoms with van der Waals surface area (Å²) in [6.07, 6.45) is 0.860. The zero-order chi connectivity index (χ0) is 18.7. The van der Waals surface area contributed by atoms with Crippen molar-refractivity contribution in [2.75, 3.05) is 6.54 Å². The van der Waals surface area contributed by atoms with Gasteiger partial charge in [-0.1, -0.05) is 31.2 Å². The maximum Gasteiger partial charge on any atom is 0.269 e. The Bertz CT molecular complexity index is 855. The molecule has 0 aromatic heterocycles. The SMILES string of the molecule is CCc1ccc(C(=O)NNC(=O)CN2C(=O)c3ccccc3C2=O)cc1. The van der Waals surface area contributed by atoms with Crippen molar-refractivity contribution in [2.45, 2.75) is 13.3 Å². The molecule has 0 saturated carbocycles. The molecule has 0 atom stereocenters. The first-order valence-electron chi connectivity index (χ1n) is 8.14. The van der Waals surface area contributed by atoms with Crippen LogP contribution in [0.5, 0.6) is 0 Å². The van der Waals surface area contributed by atoms with Crippen LogP contribution in [0.3, 0.4) is 0 Å². The van der Waals surface area contributed by atoms with Gasteiger partial charge in [-0.25, -0.2) is 0 Å². The minimum atomic E-state index is -0.668. The first kappa shape index (κ1) is 17.3. The second-order valence-electron chi connectivity index (χ2n) is 5.79. The summed E-state index contributed by atoms with van der Waals surface area (Å²) < 4.78 is 0. The molecule has 1 aliphatic heterocycles. The lowest BCUT2D eigenvalue weighted by Crippen LogP contribution is -2.47. The van der Waals surface area contributed by atoms with Crippen LogP contribution in [0.15, 0.2) is 48.5 Å². The maximum atomic E-state index is 12.2. The zero-order valence-corrected chi connectivity index (χ0v) is 14.1. The molecular weight excluding hydrogens is 334 g/mol. The Labute approximate surface area is 150 Å². The molecule has 3 rings (SSSR count). The van der Waals surface area contributed by atoms with Crippen LogP contribution in [-0.2, 0) is 11.2 Å². The molecule has 1 aliphatic rings. The van der Waals surface area contributed by atoms with Crippen LogP contribution in [0.25, 0.3) is 0 Å². The summed E-state index contributed by atoms with van der Waals surface area (Å²) in [5, 5.41) is 0. The van der Waals surface area contributed by atoms with Crippen molar-refractivity contribution in [1.29, 1.82) is 0 Å². The summed E-state index contributed by atoms with van der Waals surface area (Å²) in [5.41, 5.74) is 6.52. The van der Waals surface area contributed by atoms with E-state index in [9.17, 15) is 19.2 Å². The fourth-order valence-electron chi connectivity index (χ4n) is 2.66. The molecule has 4 amide bonds. The number of benzene rings is 2. The number of aryl methyl sites for hydroxylation is 1. The van der Waals surface area contributed by atoms with Crippen molar-refractivity contribution >= 4 is 23.6 Å². The number of carbonyl (C=O) groups excluding carboxylic acids is 4. The Hall–Kier alpha value is -3.48. The Morgan fingerprint density at radius 1 is 0.885 bits per heavy atom. The molecule has 26 heavy (non-hydrogen) atoms. The molecule has 0 fully saturated rings. The molecule has 0 unspecified atom stereocenters. The van der Waals surface area contributed by atoms with Gasteiger partial charge in [0.25, 0.3) is 23.6 Å². The van der Waals surface area contributed by atoms with E-state index in [1.54, 1.807) is 24.3 Å². The van der Waals surface area contributed by atoms with Crippen LogP contribution in [-0.4, -0.2) is 35.1 Å². The second-order valence-corrected chi connectivity index (χ2v) is 5.79. The molecular formula is C19H17N3O4. The van der Waals surface area contributed by atoms with E-state index in [0.717, 1.165) is 16.9 Å². The summed E-state index contributed by atoms with van der Waals surface area (Å²) in [6.45, 7) is 1.54. The van der Waals surface area contributed by atoms with E-state index in [2.05, 4.69) is 10.9 Å². The average Bonchev–Trinajstić information content (AvgIpc) is 2.91. The minimum absolute atomic E-state index is 0.269. The van der Waals surface area contributed by atoms with E-state index in [0.29, 0.717) is 5.56 Å². The summed E-state index contributed by atoms with van der Waals surface area (Å²) in [4.78, 5) is 49.3. The number of rotatable bonds is 4. The topological polar surface area (TPSA) is 95.6 Å². The minimum Gasteiger partial charge on any atom is -0.271 e. The van der Waals surface area contributed by atoms with Gasteiger partial charge in [0.1, 0.15) is 6.54 Å². The average molecular weight is 351 g/mol. The fraction of sp³-hybridized carbons (Fsp3) is 0.158. The van der Waals surface area contributed by atoms with Crippen molar-refractivity contribution in [3.8, 4) is 0 Å². The number of hydrogen-bond acceptors (Lipinski definition) is 4. The number of hydrogen-bond donors (Lipinski definition) is 2. The fourth-order valence-corrected chi connectivity index (χ4v) is 2.66. The first-order valence-corrected chi connectivity index (χ1v) is 8.14. The molecule has 2 aromatic rings. The number of carbonyl (C=O) groups is 4. The van der Waals surface area contributed by atoms with Gasteiger partial charge < -0.3 is 0 Å². The lowest BCUT2D eigenvalue weighted by atomic mass is 10.1. The smallest absolute Gasteiger partial charge is 0.269 e. The molecule has 0 aliphatic carbocycles. The lowest BCUT2D eigenvalue weighted by Gasteiger charge is -2.14. The predicted octanol–water partition coefficient (Wildman–Crippen LogP) is 1.31. The number of nitrogens with one attached hydrogen (secondary N) is 2. The van der Waals surface area contributed by atoms with E-state index in [-0.39, 0.29) is 11.1 Å². The molecule has 1 heterocycles. The van der Waals surface area contributed by atoms with Gasteiger partial charge in [0, 0.05) is 5.56 Å². The van der Waals surface area contributed by atoms with Gasteiger partial charge in [0.2, 0.25) is 0 Å². The molecule has 0 saturated heterocycles. The largest absolute Gasteiger partial charge is 0.271 e. The van der Waals surface area contributed by atoms with Crippen molar-refractivity contribution in [3.05, 3.63) is 70.8 Å². The maximum absolute atomic E-state index is 12.2. The standard InChI is InChI=1S/C19H17N3O4/c1-2-12-7-9-13(10-8-12)17(24)21-20-16(23)11-22-18(25)14-5-3-4-6-15(14)19(22)26/h3-10H,2,11H2,1H3,(H,20,23)(H,21,24). The van der Waals surface area contributed by atoms with Gasteiger partial charge in [-0.2, -0.15) is 0 Å². The van der Waals surface area contributed by atoms with Gasteiger partial charge in [0.05, 0.1) is 11.1 Å². The highest BCUT2D eigenvalue weighted by Crippen LogP contribution is 2.21. The Balaban J connectivity index is 1.57. The number of imide groups is 1. The number of hydrazine groups is 1.